The number of hydrogen-bond donors (Lipinski definition) is 8. The van der Waals surface area contributed by atoms with Gasteiger partial charge in [-0.25, -0.2) is 18.4 Å². The Kier molecular flexibility index (Phi) is 17.4. The number of ketones is 1. The zero-order chi connectivity index (χ0) is 56.2. The number of aliphatic carboxylic acids is 2. The minimum Gasteiger partial charge on any atom is -0.480 e. The number of Topliss-reactive ketones (excluding diaryl/α,β-unsaturated/α-hetero) is 1. The highest BCUT2D eigenvalue weighted by atomic mass is 32.2. The first-order chi connectivity index (χ1) is 38.4. The topological polar surface area (TPSA) is 258 Å². The predicted octanol–water partition coefficient (Wildman–Crippen LogP) is 7.18. The van der Waals surface area contributed by atoms with Crippen molar-refractivity contribution in [2.24, 2.45) is 46.3 Å². The van der Waals surface area contributed by atoms with Crippen molar-refractivity contribution in [2.45, 2.75) is 135 Å². The van der Waals surface area contributed by atoms with E-state index in [4.69, 9.17) is 9.97 Å². The number of aromatic nitrogens is 2. The fourth-order valence-corrected chi connectivity index (χ4v) is 16.9. The molecule has 4 atom stereocenters. The second kappa shape index (κ2) is 24.5. The molecule has 2 aliphatic heterocycles. The Labute approximate surface area is 470 Å². The Bertz CT molecular complexity index is 3010. The molecule has 6 aliphatic carbocycles. The van der Waals surface area contributed by atoms with Crippen molar-refractivity contribution in [3.05, 3.63) is 118 Å². The quantitative estimate of drug-likeness (QED) is 0.0388. The number of pyridine rings is 2. The van der Waals surface area contributed by atoms with Crippen molar-refractivity contribution in [3.8, 4) is 0 Å². The average Bonchev–Trinajstić information content (AvgIpc) is 4.02. The number of nitrogens with one attached hydrogen (secondary N) is 6. The maximum Gasteiger partial charge on any atom is 0.323 e. The normalized spacial score (nSPS) is 25.4. The van der Waals surface area contributed by atoms with Crippen LogP contribution < -0.4 is 31.3 Å². The van der Waals surface area contributed by atoms with E-state index in [0.717, 1.165) is 141 Å². The summed E-state index contributed by atoms with van der Waals surface area (Å²) >= 11 is 0. The SMILES string of the molecule is CC1(C)C2CCC1(CS(=O)(=O)NC(CNC(=O)c1ccc(CCc3ccc4c(n3)NCCC4)cc1)C(=O)O)C(=O)C2.O=C(NCC(NCCC1C2CC3CC(C2)CC1C3)C(=O)O)c1ccc(CCc2ccc3c(n2)NCCC3)cc1. The molecule has 2 aromatic carbocycles. The van der Waals surface area contributed by atoms with Gasteiger partial charge in [-0.05, 0) is 209 Å². The molecule has 2 aromatic heterocycles. The molecule has 4 unspecified atom stereocenters. The Morgan fingerprint density at radius 1 is 0.675 bits per heavy atom. The number of sulfonamides is 1. The Morgan fingerprint density at radius 2 is 1.18 bits per heavy atom. The van der Waals surface area contributed by atoms with Crippen LogP contribution in [0.1, 0.15) is 139 Å². The predicted molar refractivity (Wildman–Crippen MR) is 306 cm³/mol. The number of benzene rings is 2. The molecule has 6 bridgehead atoms. The van der Waals surface area contributed by atoms with Crippen LogP contribution in [0.2, 0.25) is 0 Å². The summed E-state index contributed by atoms with van der Waals surface area (Å²) in [7, 11) is -4.12. The lowest BCUT2D eigenvalue weighted by Gasteiger charge is -2.54. The number of amides is 2. The van der Waals surface area contributed by atoms with Crippen molar-refractivity contribution in [1.29, 1.82) is 0 Å². The van der Waals surface area contributed by atoms with E-state index < -0.39 is 63.1 Å². The van der Waals surface area contributed by atoms with Gasteiger partial charge in [0, 0.05) is 60.5 Å². The van der Waals surface area contributed by atoms with Crippen LogP contribution in [0.25, 0.3) is 0 Å². The minimum absolute atomic E-state index is 0.0660. The van der Waals surface area contributed by atoms with Crippen molar-refractivity contribution < 1.29 is 42.6 Å². The van der Waals surface area contributed by atoms with Gasteiger partial charge in [-0.1, -0.05) is 50.2 Å². The Balaban J connectivity index is 0.000000180. The van der Waals surface area contributed by atoms with Gasteiger partial charge in [0.2, 0.25) is 10.0 Å². The number of hydrogen-bond acceptors (Lipinski definition) is 12. The molecule has 4 aromatic rings. The maximum absolute atomic E-state index is 13.1. The molecule has 0 saturated heterocycles. The second-order valence-corrected chi connectivity index (χ2v) is 26.4. The lowest BCUT2D eigenvalue weighted by Crippen LogP contribution is -2.52. The van der Waals surface area contributed by atoms with Gasteiger partial charge >= 0.3 is 11.9 Å². The number of carboxylic acid groups (broad SMARTS) is 2. The van der Waals surface area contributed by atoms with Crippen molar-refractivity contribution in [1.82, 2.24) is 30.6 Å². The van der Waals surface area contributed by atoms with Crippen molar-refractivity contribution in [2.75, 3.05) is 49.1 Å². The molecule has 6 fully saturated rings. The first kappa shape index (κ1) is 57.0. The largest absolute Gasteiger partial charge is 0.480 e. The van der Waals surface area contributed by atoms with Crippen LogP contribution in [0.3, 0.4) is 0 Å². The first-order valence-electron chi connectivity index (χ1n) is 29.3. The minimum atomic E-state index is -4.12. The van der Waals surface area contributed by atoms with Gasteiger partial charge in [-0.3, -0.25) is 24.0 Å². The van der Waals surface area contributed by atoms with Gasteiger partial charge in [0.15, 0.2) is 0 Å². The van der Waals surface area contributed by atoms with Gasteiger partial charge in [-0.15, -0.1) is 0 Å². The van der Waals surface area contributed by atoms with Crippen LogP contribution in [0.4, 0.5) is 11.6 Å². The van der Waals surface area contributed by atoms with Crippen LogP contribution >= 0.6 is 0 Å². The number of nitrogens with zero attached hydrogens (tertiary/aromatic N) is 2. The molecule has 8 N–H and O–H groups in total. The zero-order valence-electron chi connectivity index (χ0n) is 46.4. The summed E-state index contributed by atoms with van der Waals surface area (Å²) in [6, 6.07) is 20.7. The highest BCUT2D eigenvalue weighted by Gasteiger charge is 2.65. The summed E-state index contributed by atoms with van der Waals surface area (Å²) < 4.78 is 28.3. The summed E-state index contributed by atoms with van der Waals surface area (Å²) in [4.78, 5) is 71.4. The molecule has 17 nitrogen and oxygen atoms in total. The maximum atomic E-state index is 13.1. The van der Waals surface area contributed by atoms with E-state index in [1.807, 2.05) is 50.2 Å². The molecule has 8 aliphatic rings. The van der Waals surface area contributed by atoms with E-state index in [2.05, 4.69) is 55.6 Å². The highest BCUT2D eigenvalue weighted by molar-refractivity contribution is 7.89. The van der Waals surface area contributed by atoms with Crippen LogP contribution in [-0.4, -0.2) is 109 Å². The lowest BCUT2D eigenvalue weighted by molar-refractivity contribution is -0.140. The number of rotatable bonds is 22. The summed E-state index contributed by atoms with van der Waals surface area (Å²) in [5.74, 6) is 2.90. The molecule has 0 spiro atoms. The Morgan fingerprint density at radius 3 is 1.64 bits per heavy atom. The van der Waals surface area contributed by atoms with E-state index in [-0.39, 0.29) is 24.2 Å². The van der Waals surface area contributed by atoms with E-state index in [9.17, 15) is 42.6 Å². The first-order valence-corrected chi connectivity index (χ1v) is 31.0. The molecule has 2 amide bonds. The van der Waals surface area contributed by atoms with Gasteiger partial charge in [0.25, 0.3) is 11.8 Å². The lowest BCUT2D eigenvalue weighted by atomic mass is 9.51. The number of aryl methyl sites for hydroxylation is 6. The molecule has 4 heterocycles. The molecular formula is C62H80N8O9S. The van der Waals surface area contributed by atoms with Crippen LogP contribution in [-0.2, 0) is 62.9 Å². The highest BCUT2D eigenvalue weighted by Crippen LogP contribution is 2.64. The third kappa shape index (κ3) is 13.1. The Hall–Kier alpha value is -6.24. The third-order valence-electron chi connectivity index (χ3n) is 19.4. The number of carbonyl (C=O) groups excluding carboxylic acids is 3. The second-order valence-electron chi connectivity index (χ2n) is 24.7. The molecule has 18 heteroatoms. The zero-order valence-corrected chi connectivity index (χ0v) is 47.2. The van der Waals surface area contributed by atoms with Crippen molar-refractivity contribution >= 4 is 51.2 Å². The fourth-order valence-electron chi connectivity index (χ4n) is 14.9. The number of carbonyl (C=O) groups is 5. The number of anilines is 2. The average molecular weight is 1110 g/mol. The standard InChI is InChI=1S/C32H42N4O3.C30H38N4O6S/c37-31(24-6-3-20(4-7-24)5-9-27-10-8-23-2-1-12-34-30(23)36-27)35-19-29(32(38)39)33-13-11-28-25-15-21-14-22(17-25)18-26(28)16-21;1-29(2)22-13-14-30(29,25(35)16-22)18-41(39,40)34-24(28(37)38)17-32-27(36)21-8-5-19(6-9-21)7-11-23-12-10-20-4-3-15-31-26(20)33-23/h3-4,6-8,10,21-22,25-26,28-29,33H,1-2,5,9,11-19H2,(H,34,36)(H,35,37)(H,38,39);5-6,8-10,12,22,24,34H,3-4,7,11,13-18H2,1-2H3,(H,31,33)(H,32,36)(H,37,38). The van der Waals surface area contributed by atoms with Crippen LogP contribution in [0, 0.1) is 46.3 Å². The molecule has 0 radical (unpaired) electrons. The molecular weight excluding hydrogens is 1030 g/mol. The van der Waals surface area contributed by atoms with Crippen LogP contribution in [0.5, 0.6) is 0 Å². The molecule has 12 rings (SSSR count). The van der Waals surface area contributed by atoms with E-state index in [1.165, 1.54) is 43.2 Å². The monoisotopic (exact) mass is 1110 g/mol. The molecule has 428 valence electrons. The third-order valence-corrected chi connectivity index (χ3v) is 20.9. The number of fused-ring (bicyclic) bond motifs is 4. The molecule has 80 heavy (non-hydrogen) atoms. The summed E-state index contributed by atoms with van der Waals surface area (Å²) in [6.45, 7) is 6.12. The summed E-state index contributed by atoms with van der Waals surface area (Å²) in [5.41, 5.74) is 6.19. The fraction of sp³-hybridized carbons (Fsp3) is 0.565. The van der Waals surface area contributed by atoms with Crippen molar-refractivity contribution in [3.63, 3.8) is 0 Å². The number of carboxylic acids is 2. The van der Waals surface area contributed by atoms with Gasteiger partial charge in [0.05, 0.1) is 5.75 Å². The van der Waals surface area contributed by atoms with Gasteiger partial charge in [-0.2, -0.15) is 4.72 Å². The summed E-state index contributed by atoms with van der Waals surface area (Å²) in [6.07, 6.45) is 17.3. The van der Waals surface area contributed by atoms with Crippen LogP contribution in [0.15, 0.2) is 72.8 Å². The smallest absolute Gasteiger partial charge is 0.323 e. The van der Waals surface area contributed by atoms with Gasteiger partial charge in [0.1, 0.15) is 29.5 Å². The van der Waals surface area contributed by atoms with E-state index in [0.29, 0.717) is 30.5 Å². The van der Waals surface area contributed by atoms with E-state index >= 15 is 0 Å². The summed E-state index contributed by atoms with van der Waals surface area (Å²) in [5, 5.41) is 34.7. The molecule has 6 saturated carbocycles. The van der Waals surface area contributed by atoms with Gasteiger partial charge < -0.3 is 36.8 Å². The van der Waals surface area contributed by atoms with E-state index in [1.54, 1.807) is 12.1 Å².